The van der Waals surface area contributed by atoms with Crippen molar-refractivity contribution in [2.24, 2.45) is 5.16 Å². The molecule has 0 bridgehead atoms. The highest BCUT2D eigenvalue weighted by atomic mass is 16.7. The summed E-state index contributed by atoms with van der Waals surface area (Å²) < 4.78 is 10.6. The Morgan fingerprint density at radius 1 is 0.885 bits per heavy atom. The highest BCUT2D eigenvalue weighted by molar-refractivity contribution is 6.06. The number of likely N-dealkylation sites (tertiary alicyclic amines) is 1. The Hall–Kier alpha value is -2.53. The van der Waals surface area contributed by atoms with Gasteiger partial charge in [0.25, 0.3) is 0 Å². The number of benzene rings is 2. The molecule has 2 unspecified atom stereocenters. The average Bonchev–Trinajstić information content (AvgIpc) is 3.37. The number of hydrogen-bond acceptors (Lipinski definition) is 5. The molecule has 2 heterocycles. The molecular weight excluding hydrogens is 328 g/mol. The third kappa shape index (κ3) is 3.15. The summed E-state index contributed by atoms with van der Waals surface area (Å²) in [6.45, 7) is 2.12. The average molecular weight is 352 g/mol. The van der Waals surface area contributed by atoms with Crippen LogP contribution in [0.1, 0.15) is 29.9 Å². The zero-order chi connectivity index (χ0) is 17.9. The lowest BCUT2D eigenvalue weighted by molar-refractivity contribution is -0.0340. The molecule has 0 amide bonds. The minimum absolute atomic E-state index is 0.0528. The molecule has 136 valence electrons. The minimum atomic E-state index is -0.0528. The molecule has 0 N–H and O–H groups in total. The van der Waals surface area contributed by atoms with E-state index in [1.165, 1.54) is 18.4 Å². The first kappa shape index (κ1) is 16.9. The van der Waals surface area contributed by atoms with Crippen LogP contribution in [0.3, 0.4) is 0 Å². The van der Waals surface area contributed by atoms with Gasteiger partial charge in [-0.3, -0.25) is 4.90 Å². The molecule has 0 aromatic heterocycles. The maximum absolute atomic E-state index is 5.94. The molecule has 26 heavy (non-hydrogen) atoms. The van der Waals surface area contributed by atoms with Crippen LogP contribution in [-0.4, -0.2) is 44.1 Å². The third-order valence-electron chi connectivity index (χ3n) is 5.20. The number of hydrogen-bond donors (Lipinski definition) is 0. The van der Waals surface area contributed by atoms with E-state index in [2.05, 4.69) is 22.2 Å². The van der Waals surface area contributed by atoms with E-state index in [1.54, 1.807) is 14.2 Å². The molecule has 1 saturated heterocycles. The molecule has 0 aliphatic carbocycles. The van der Waals surface area contributed by atoms with E-state index in [9.17, 15) is 0 Å². The second-order valence-corrected chi connectivity index (χ2v) is 6.69. The molecule has 4 rings (SSSR count). The highest BCUT2D eigenvalue weighted by Crippen LogP contribution is 2.36. The monoisotopic (exact) mass is 352 g/mol. The van der Waals surface area contributed by atoms with Crippen LogP contribution in [0, 0.1) is 0 Å². The van der Waals surface area contributed by atoms with Gasteiger partial charge in [0.2, 0.25) is 0 Å². The Labute approximate surface area is 154 Å². The summed E-state index contributed by atoms with van der Waals surface area (Å²) in [5.41, 5.74) is 3.22. The first-order valence-corrected chi connectivity index (χ1v) is 9.06. The van der Waals surface area contributed by atoms with E-state index < -0.39 is 0 Å². The van der Waals surface area contributed by atoms with Crippen LogP contribution in [0.2, 0.25) is 0 Å². The number of ether oxygens (including phenoxy) is 2. The Morgan fingerprint density at radius 2 is 1.46 bits per heavy atom. The van der Waals surface area contributed by atoms with Crippen LogP contribution >= 0.6 is 0 Å². The molecule has 2 aromatic rings. The fourth-order valence-electron chi connectivity index (χ4n) is 3.76. The zero-order valence-electron chi connectivity index (χ0n) is 15.2. The predicted molar refractivity (Wildman–Crippen MR) is 101 cm³/mol. The number of nitrogens with zero attached hydrogens (tertiary/aromatic N) is 2. The lowest BCUT2D eigenvalue weighted by Gasteiger charge is -2.27. The van der Waals surface area contributed by atoms with Gasteiger partial charge >= 0.3 is 0 Å². The Morgan fingerprint density at radius 3 is 2.04 bits per heavy atom. The number of oxime groups is 1. The summed E-state index contributed by atoms with van der Waals surface area (Å²) in [6, 6.07) is 16.2. The van der Waals surface area contributed by atoms with Crippen molar-refractivity contribution in [2.45, 2.75) is 25.0 Å². The van der Waals surface area contributed by atoms with Crippen LogP contribution < -0.4 is 9.47 Å². The van der Waals surface area contributed by atoms with E-state index in [0.29, 0.717) is 0 Å². The van der Waals surface area contributed by atoms with Crippen molar-refractivity contribution in [3.63, 3.8) is 0 Å². The lowest BCUT2D eigenvalue weighted by Crippen LogP contribution is -2.38. The quantitative estimate of drug-likeness (QED) is 0.824. The first-order chi connectivity index (χ1) is 12.8. The molecule has 1 fully saturated rings. The summed E-state index contributed by atoms with van der Waals surface area (Å²) in [7, 11) is 3.36. The molecule has 5 nitrogen and oxygen atoms in total. The smallest absolute Gasteiger partial charge is 0.193 e. The van der Waals surface area contributed by atoms with Gasteiger partial charge in [-0.2, -0.15) is 0 Å². The van der Waals surface area contributed by atoms with Gasteiger partial charge in [0.05, 0.1) is 25.8 Å². The zero-order valence-corrected chi connectivity index (χ0v) is 15.2. The molecule has 0 spiro atoms. The van der Waals surface area contributed by atoms with Crippen molar-refractivity contribution in [3.05, 3.63) is 59.7 Å². The second-order valence-electron chi connectivity index (χ2n) is 6.69. The van der Waals surface area contributed by atoms with Crippen LogP contribution in [0.15, 0.2) is 53.7 Å². The van der Waals surface area contributed by atoms with E-state index >= 15 is 0 Å². The standard InChI is InChI=1S/C21H24N2O3/c1-24-17-9-5-15(6-10-17)19-20(16-7-11-18(25-2)12-8-16)22-26-21(19)23-13-3-4-14-23/h5-12,19,21H,3-4,13-14H2,1-2H3. The second kappa shape index (κ2) is 7.38. The van der Waals surface area contributed by atoms with Crippen molar-refractivity contribution in [1.29, 1.82) is 0 Å². The van der Waals surface area contributed by atoms with E-state index in [1.807, 2.05) is 36.4 Å². The minimum Gasteiger partial charge on any atom is -0.497 e. The van der Waals surface area contributed by atoms with Crippen LogP contribution in [0.4, 0.5) is 0 Å². The summed E-state index contributed by atoms with van der Waals surface area (Å²) >= 11 is 0. The van der Waals surface area contributed by atoms with Gasteiger partial charge in [-0.25, -0.2) is 0 Å². The molecule has 5 heteroatoms. The Kier molecular flexibility index (Phi) is 4.80. The van der Waals surface area contributed by atoms with Crippen LogP contribution in [0.5, 0.6) is 11.5 Å². The van der Waals surface area contributed by atoms with Crippen molar-refractivity contribution in [2.75, 3.05) is 27.3 Å². The normalized spacial score (nSPS) is 22.8. The third-order valence-corrected chi connectivity index (χ3v) is 5.20. The SMILES string of the molecule is COc1ccc(C2=NOC(N3CCCC3)C2c2ccc(OC)cc2)cc1. The maximum atomic E-state index is 5.94. The Balaban J connectivity index is 1.68. The van der Waals surface area contributed by atoms with Gasteiger partial charge in [-0.05, 0) is 54.8 Å². The molecule has 2 aliphatic heterocycles. The van der Waals surface area contributed by atoms with Gasteiger partial charge in [0.1, 0.15) is 11.5 Å². The summed E-state index contributed by atoms with van der Waals surface area (Å²) in [5.74, 6) is 1.77. The first-order valence-electron chi connectivity index (χ1n) is 9.06. The van der Waals surface area contributed by atoms with Gasteiger partial charge in [-0.15, -0.1) is 0 Å². The van der Waals surface area contributed by atoms with Gasteiger partial charge < -0.3 is 14.3 Å². The molecule has 0 radical (unpaired) electrons. The van der Waals surface area contributed by atoms with Gasteiger partial charge in [0, 0.05) is 18.7 Å². The topological polar surface area (TPSA) is 43.3 Å². The van der Waals surface area contributed by atoms with E-state index in [0.717, 1.165) is 35.9 Å². The molecule has 2 aliphatic rings. The van der Waals surface area contributed by atoms with Crippen molar-refractivity contribution < 1.29 is 14.3 Å². The number of rotatable bonds is 5. The molecular formula is C21H24N2O3. The van der Waals surface area contributed by atoms with Gasteiger partial charge in [0.15, 0.2) is 6.23 Å². The fourth-order valence-corrected chi connectivity index (χ4v) is 3.76. The highest BCUT2D eigenvalue weighted by Gasteiger charge is 2.40. The predicted octanol–water partition coefficient (Wildman–Crippen LogP) is 3.64. The van der Waals surface area contributed by atoms with Crippen LogP contribution in [-0.2, 0) is 4.84 Å². The summed E-state index contributed by atoms with van der Waals surface area (Å²) in [5, 5.41) is 4.49. The van der Waals surface area contributed by atoms with Crippen LogP contribution in [0.25, 0.3) is 0 Å². The largest absolute Gasteiger partial charge is 0.497 e. The van der Waals surface area contributed by atoms with E-state index in [4.69, 9.17) is 14.3 Å². The fraction of sp³-hybridized carbons (Fsp3) is 0.381. The Bertz CT molecular complexity index is 765. The number of methoxy groups -OCH3 is 2. The molecule has 2 atom stereocenters. The summed E-state index contributed by atoms with van der Waals surface area (Å²) in [4.78, 5) is 8.33. The molecule has 2 aromatic carbocycles. The summed E-state index contributed by atoms with van der Waals surface area (Å²) in [6.07, 6.45) is 2.38. The van der Waals surface area contributed by atoms with Crippen molar-refractivity contribution >= 4 is 5.71 Å². The molecule has 0 saturated carbocycles. The maximum Gasteiger partial charge on any atom is 0.193 e. The van der Waals surface area contributed by atoms with Gasteiger partial charge in [-0.1, -0.05) is 17.3 Å². The lowest BCUT2D eigenvalue weighted by atomic mass is 9.88. The van der Waals surface area contributed by atoms with Crippen molar-refractivity contribution in [1.82, 2.24) is 4.90 Å². The van der Waals surface area contributed by atoms with E-state index in [-0.39, 0.29) is 12.1 Å². The van der Waals surface area contributed by atoms with Crippen molar-refractivity contribution in [3.8, 4) is 11.5 Å².